The maximum absolute atomic E-state index is 10.3. The summed E-state index contributed by atoms with van der Waals surface area (Å²) < 4.78 is 3.89. The number of nitrogens with zero attached hydrogens (tertiary/aromatic N) is 2. The van der Waals surface area contributed by atoms with Crippen molar-refractivity contribution in [1.82, 2.24) is 10.4 Å². The highest BCUT2D eigenvalue weighted by molar-refractivity contribution is 7.75. The highest BCUT2D eigenvalue weighted by atomic mass is 32.1. The third-order valence-electron chi connectivity index (χ3n) is 0.501. The Morgan fingerprint density at radius 2 is 2.25 bits per heavy atom. The van der Waals surface area contributed by atoms with Gasteiger partial charge in [-0.2, -0.15) is 4.79 Å². The molecule has 0 atom stereocenters. The molecule has 0 aromatic heterocycles. The standard InChI is InChI=1S/C3H7N2O2S/c1-5(2)3(6)4-7-8/h8H,1-2H3/q+1. The van der Waals surface area contributed by atoms with E-state index >= 15 is 0 Å². The van der Waals surface area contributed by atoms with Crippen molar-refractivity contribution in [2.24, 2.45) is 0 Å². The molecule has 0 rings (SSSR count). The molecule has 4 nitrogen and oxygen atoms in total. The fourth-order valence-corrected chi connectivity index (χ4v) is 0.186. The zero-order chi connectivity index (χ0) is 6.57. The van der Waals surface area contributed by atoms with Crippen LogP contribution in [0.3, 0.4) is 0 Å². The van der Waals surface area contributed by atoms with Crippen LogP contribution in [0.1, 0.15) is 0 Å². The van der Waals surface area contributed by atoms with E-state index in [9.17, 15) is 4.79 Å². The Kier molecular flexibility index (Phi) is 3.59. The monoisotopic (exact) mass is 135 g/mol. The molecule has 0 saturated carbocycles. The summed E-state index contributed by atoms with van der Waals surface area (Å²) in [5.74, 6) is 0. The molecule has 2 radical (unpaired) electrons. The lowest BCUT2D eigenvalue weighted by molar-refractivity contribution is 0.169. The van der Waals surface area contributed by atoms with E-state index in [4.69, 9.17) is 0 Å². The summed E-state index contributed by atoms with van der Waals surface area (Å²) in [6.45, 7) is 0. The van der Waals surface area contributed by atoms with Crippen molar-refractivity contribution in [1.29, 1.82) is 0 Å². The Hall–Kier alpha value is -0.260. The lowest BCUT2D eigenvalue weighted by Gasteiger charge is -1.93. The van der Waals surface area contributed by atoms with E-state index in [0.29, 0.717) is 0 Å². The fourth-order valence-electron chi connectivity index (χ4n) is 0.117. The molecular formula is C3H7N2O2S+. The average molecular weight is 135 g/mol. The van der Waals surface area contributed by atoms with Crippen LogP contribution in [-0.4, -0.2) is 25.0 Å². The smallest absolute Gasteiger partial charge is 0.285 e. The van der Waals surface area contributed by atoms with E-state index in [1.54, 1.807) is 14.1 Å². The van der Waals surface area contributed by atoms with Gasteiger partial charge in [0.15, 0.2) is 0 Å². The second-order valence-corrected chi connectivity index (χ2v) is 1.51. The average Bonchev–Trinajstić information content (AvgIpc) is 1.67. The van der Waals surface area contributed by atoms with Gasteiger partial charge in [0.05, 0.1) is 12.9 Å². The molecule has 8 heavy (non-hydrogen) atoms. The summed E-state index contributed by atoms with van der Waals surface area (Å²) in [5, 5.41) is 0. The Morgan fingerprint density at radius 3 is 2.38 bits per heavy atom. The zero-order valence-electron chi connectivity index (χ0n) is 4.66. The van der Waals surface area contributed by atoms with E-state index in [2.05, 4.69) is 22.7 Å². The number of rotatable bonds is 1. The Morgan fingerprint density at radius 1 is 1.75 bits per heavy atom. The molecule has 0 aromatic carbocycles. The molecule has 0 heterocycles. The van der Waals surface area contributed by atoms with E-state index in [1.165, 1.54) is 4.90 Å². The van der Waals surface area contributed by atoms with Crippen molar-refractivity contribution in [3.05, 3.63) is 0 Å². The molecule has 0 aliphatic carbocycles. The van der Waals surface area contributed by atoms with Crippen LogP contribution < -0.4 is 5.48 Å². The minimum Gasteiger partial charge on any atom is -0.285 e. The fraction of sp³-hybridized carbons (Fsp3) is 0.667. The number of urea groups is 1. The van der Waals surface area contributed by atoms with E-state index in [-0.39, 0.29) is 0 Å². The number of hydrogen-bond donors (Lipinski definition) is 1. The van der Waals surface area contributed by atoms with Crippen molar-refractivity contribution in [2.45, 2.75) is 0 Å². The first-order valence-corrected chi connectivity index (χ1v) is 2.28. The third-order valence-corrected chi connectivity index (χ3v) is 0.583. The molecule has 46 valence electrons. The Bertz CT molecular complexity index is 85.4. The zero-order valence-corrected chi connectivity index (χ0v) is 5.55. The quantitative estimate of drug-likeness (QED) is 0.313. The van der Waals surface area contributed by atoms with Gasteiger partial charge < -0.3 is 0 Å². The van der Waals surface area contributed by atoms with Gasteiger partial charge in [0.1, 0.15) is 0 Å². The molecule has 0 fully saturated rings. The SMILES string of the molecule is CN(C)C(=O)[N+]OS. The normalized spacial score (nSPS) is 8.88. The maximum atomic E-state index is 10.3. The summed E-state index contributed by atoms with van der Waals surface area (Å²) in [6.07, 6.45) is 0. The van der Waals surface area contributed by atoms with Gasteiger partial charge in [-0.05, 0) is 4.28 Å². The molecule has 0 aromatic rings. The van der Waals surface area contributed by atoms with Gasteiger partial charge in [0.25, 0.3) is 0 Å². The summed E-state index contributed by atoms with van der Waals surface area (Å²) in [4.78, 5) is 11.6. The third kappa shape index (κ3) is 2.84. The molecule has 5 heteroatoms. The Balaban J connectivity index is 3.33. The predicted molar refractivity (Wildman–Crippen MR) is 31.3 cm³/mol. The number of hydroxylamine groups is 1. The van der Waals surface area contributed by atoms with Crippen molar-refractivity contribution < 1.29 is 9.08 Å². The van der Waals surface area contributed by atoms with Crippen molar-refractivity contribution >= 4 is 18.9 Å². The minimum atomic E-state index is -0.458. The number of carbonyl (C=O) groups excluding carboxylic acids is 1. The first-order valence-electron chi connectivity index (χ1n) is 1.91. The highest BCUT2D eigenvalue weighted by Gasteiger charge is 2.22. The second-order valence-electron chi connectivity index (χ2n) is 1.35. The van der Waals surface area contributed by atoms with Crippen LogP contribution >= 0.6 is 12.9 Å². The molecule has 0 spiro atoms. The number of hydrogen-bond acceptors (Lipinski definition) is 3. The lowest BCUT2D eigenvalue weighted by Crippen LogP contribution is -2.27. The highest BCUT2D eigenvalue weighted by Crippen LogP contribution is 1.80. The molecule has 0 unspecified atom stereocenters. The summed E-state index contributed by atoms with van der Waals surface area (Å²) in [7, 11) is 3.14. The van der Waals surface area contributed by atoms with Crippen LogP contribution in [0.15, 0.2) is 0 Å². The van der Waals surface area contributed by atoms with Gasteiger partial charge in [-0.3, -0.25) is 4.90 Å². The van der Waals surface area contributed by atoms with E-state index in [1.807, 2.05) is 0 Å². The van der Waals surface area contributed by atoms with Crippen molar-refractivity contribution in [3.8, 4) is 0 Å². The topological polar surface area (TPSA) is 43.6 Å². The molecular weight excluding hydrogens is 128 g/mol. The Labute approximate surface area is 53.4 Å². The largest absolute Gasteiger partial charge is 0.578 e. The van der Waals surface area contributed by atoms with Gasteiger partial charge >= 0.3 is 11.5 Å². The number of carbonyl (C=O) groups is 1. The molecule has 0 bridgehead atoms. The minimum absolute atomic E-state index is 0.458. The number of amides is 2. The van der Waals surface area contributed by atoms with Gasteiger partial charge in [-0.1, -0.05) is 0 Å². The molecule has 0 N–H and O–H groups in total. The van der Waals surface area contributed by atoms with Gasteiger partial charge in [0.2, 0.25) is 0 Å². The summed E-state index contributed by atoms with van der Waals surface area (Å²) in [5.41, 5.74) is 2.98. The maximum Gasteiger partial charge on any atom is 0.578 e. The predicted octanol–water partition coefficient (Wildman–Crippen LogP) is 0.0488. The van der Waals surface area contributed by atoms with E-state index < -0.39 is 6.03 Å². The van der Waals surface area contributed by atoms with Crippen LogP contribution in [0.2, 0.25) is 0 Å². The molecule has 2 amide bonds. The first-order chi connectivity index (χ1) is 3.68. The van der Waals surface area contributed by atoms with Crippen LogP contribution in [0.25, 0.3) is 0 Å². The second kappa shape index (κ2) is 3.71. The molecule has 0 aliphatic rings. The van der Waals surface area contributed by atoms with Crippen LogP contribution in [-0.2, 0) is 4.28 Å². The molecule has 0 aliphatic heterocycles. The van der Waals surface area contributed by atoms with Crippen LogP contribution in [0.5, 0.6) is 0 Å². The summed E-state index contributed by atoms with van der Waals surface area (Å²) in [6, 6.07) is -0.458. The molecule has 0 saturated heterocycles. The van der Waals surface area contributed by atoms with Crippen molar-refractivity contribution in [3.63, 3.8) is 0 Å². The van der Waals surface area contributed by atoms with E-state index in [0.717, 1.165) is 0 Å². The van der Waals surface area contributed by atoms with Gasteiger partial charge in [-0.25, -0.2) is 0 Å². The van der Waals surface area contributed by atoms with Crippen molar-refractivity contribution in [2.75, 3.05) is 14.1 Å². The lowest BCUT2D eigenvalue weighted by atomic mass is 10.9. The van der Waals surface area contributed by atoms with Gasteiger partial charge in [0, 0.05) is 14.1 Å². The van der Waals surface area contributed by atoms with Crippen LogP contribution in [0.4, 0.5) is 4.79 Å². The summed E-state index contributed by atoms with van der Waals surface area (Å²) >= 11 is 3.24. The number of thiol groups is 1. The first kappa shape index (κ1) is 7.74. The van der Waals surface area contributed by atoms with Crippen LogP contribution in [0, 0.1) is 0 Å². The van der Waals surface area contributed by atoms with Gasteiger partial charge in [-0.15, -0.1) is 0 Å².